The predicted octanol–water partition coefficient (Wildman–Crippen LogP) is 5.32. The van der Waals surface area contributed by atoms with Crippen LogP contribution in [0.5, 0.6) is 11.5 Å². The molecule has 2 aromatic carbocycles. The fraction of sp³-hybridized carbons (Fsp3) is 0.581. The van der Waals surface area contributed by atoms with Gasteiger partial charge in [-0.2, -0.15) is 0 Å². The molecular formula is C31H46Cl2N2O5. The van der Waals surface area contributed by atoms with E-state index >= 15 is 0 Å². The largest absolute Gasteiger partial charge is 0.493 e. The van der Waals surface area contributed by atoms with Crippen LogP contribution in [0.1, 0.15) is 57.1 Å². The number of hydrogen-bond acceptors (Lipinski definition) is 6. The van der Waals surface area contributed by atoms with E-state index in [1.807, 2.05) is 42.5 Å². The summed E-state index contributed by atoms with van der Waals surface area (Å²) in [7, 11) is 3.31. The maximum atomic E-state index is 13.2. The number of carbonyl (C=O) groups is 1. The number of carbonyl (C=O) groups excluding carboxylic acids is 1. The molecule has 3 atom stereocenters. The summed E-state index contributed by atoms with van der Waals surface area (Å²) in [5.74, 6) is 1.95. The minimum absolute atomic E-state index is 0. The summed E-state index contributed by atoms with van der Waals surface area (Å²) in [4.78, 5) is 13.2. The van der Waals surface area contributed by atoms with Crippen LogP contribution in [0.2, 0.25) is 5.02 Å². The molecule has 40 heavy (non-hydrogen) atoms. The highest BCUT2D eigenvalue weighted by Crippen LogP contribution is 2.44. The van der Waals surface area contributed by atoms with Crippen molar-refractivity contribution in [3.05, 3.63) is 58.6 Å². The highest BCUT2D eigenvalue weighted by atomic mass is 35.5. The first kappa shape index (κ1) is 34.2. The zero-order valence-electron chi connectivity index (χ0n) is 24.2. The van der Waals surface area contributed by atoms with Gasteiger partial charge in [0.1, 0.15) is 0 Å². The molecule has 3 rings (SSSR count). The van der Waals surface area contributed by atoms with Crippen LogP contribution in [0.4, 0.5) is 0 Å². The van der Waals surface area contributed by atoms with Crippen LogP contribution in [0.3, 0.4) is 0 Å². The Bertz CT molecular complexity index is 1050. The second-order valence-electron chi connectivity index (χ2n) is 11.0. The Kier molecular flexibility index (Phi) is 14.0. The fourth-order valence-electron chi connectivity index (χ4n) is 5.21. The number of aliphatic hydroxyl groups is 1. The lowest BCUT2D eigenvalue weighted by atomic mass is 9.64. The Morgan fingerprint density at radius 1 is 1.10 bits per heavy atom. The molecule has 224 valence electrons. The maximum Gasteiger partial charge on any atom is 0.230 e. The van der Waals surface area contributed by atoms with E-state index in [0.717, 1.165) is 43.2 Å². The normalized spacial score (nSPS) is 16.3. The molecule has 9 heteroatoms. The Balaban J connectivity index is 0.00000560. The smallest absolute Gasteiger partial charge is 0.230 e. The average Bonchev–Trinajstić information content (AvgIpc) is 2.89. The summed E-state index contributed by atoms with van der Waals surface area (Å²) in [6, 6.07) is 13.0. The van der Waals surface area contributed by atoms with Crippen molar-refractivity contribution in [2.45, 2.75) is 69.9 Å². The molecule has 4 N–H and O–H groups in total. The van der Waals surface area contributed by atoms with Gasteiger partial charge < -0.3 is 30.4 Å². The summed E-state index contributed by atoms with van der Waals surface area (Å²) < 4.78 is 16.5. The van der Waals surface area contributed by atoms with E-state index in [-0.39, 0.29) is 30.8 Å². The number of halogens is 2. The topological polar surface area (TPSA) is 103 Å². The molecule has 0 aliphatic heterocycles. The third-order valence-electron chi connectivity index (χ3n) is 8.00. The van der Waals surface area contributed by atoms with Gasteiger partial charge in [-0.25, -0.2) is 0 Å². The molecule has 0 spiro atoms. The molecule has 0 radical (unpaired) electrons. The second kappa shape index (κ2) is 16.4. The summed E-state index contributed by atoms with van der Waals surface area (Å²) >= 11 is 6.04. The zero-order valence-corrected chi connectivity index (χ0v) is 25.7. The van der Waals surface area contributed by atoms with Crippen molar-refractivity contribution in [2.24, 2.45) is 17.6 Å². The van der Waals surface area contributed by atoms with E-state index in [4.69, 9.17) is 31.5 Å². The quantitative estimate of drug-likeness (QED) is 0.227. The zero-order chi connectivity index (χ0) is 28.4. The lowest BCUT2D eigenvalue weighted by Gasteiger charge is -2.41. The number of ether oxygens (including phenoxy) is 3. The van der Waals surface area contributed by atoms with E-state index in [1.54, 1.807) is 14.2 Å². The lowest BCUT2D eigenvalue weighted by molar-refractivity contribution is -0.130. The van der Waals surface area contributed by atoms with Gasteiger partial charge >= 0.3 is 0 Å². The summed E-state index contributed by atoms with van der Waals surface area (Å²) in [5, 5.41) is 14.5. The van der Waals surface area contributed by atoms with Crippen molar-refractivity contribution in [2.75, 3.05) is 34.0 Å². The molecule has 0 aromatic heterocycles. The Morgan fingerprint density at radius 3 is 2.38 bits per heavy atom. The average molecular weight is 598 g/mol. The Morgan fingerprint density at radius 2 is 1.80 bits per heavy atom. The van der Waals surface area contributed by atoms with Crippen LogP contribution in [-0.4, -0.2) is 57.1 Å². The van der Waals surface area contributed by atoms with Gasteiger partial charge in [-0.05, 0) is 72.9 Å². The molecular weight excluding hydrogens is 551 g/mol. The molecule has 0 bridgehead atoms. The van der Waals surface area contributed by atoms with Gasteiger partial charge in [0.15, 0.2) is 11.5 Å². The highest BCUT2D eigenvalue weighted by molar-refractivity contribution is 6.30. The number of nitrogens with one attached hydrogen (secondary N) is 1. The number of benzene rings is 2. The van der Waals surface area contributed by atoms with E-state index in [9.17, 15) is 9.90 Å². The summed E-state index contributed by atoms with van der Waals surface area (Å²) in [5.41, 5.74) is 8.02. The number of methoxy groups -OCH3 is 2. The first-order valence-electron chi connectivity index (χ1n) is 14.0. The van der Waals surface area contributed by atoms with Crippen molar-refractivity contribution >= 4 is 29.9 Å². The Labute approximate surface area is 250 Å². The van der Waals surface area contributed by atoms with Crippen molar-refractivity contribution in [3.63, 3.8) is 0 Å². The maximum absolute atomic E-state index is 13.2. The first-order chi connectivity index (χ1) is 18.7. The van der Waals surface area contributed by atoms with Crippen LogP contribution in [0.15, 0.2) is 42.5 Å². The second-order valence-corrected chi connectivity index (χ2v) is 11.4. The van der Waals surface area contributed by atoms with E-state index in [2.05, 4.69) is 19.2 Å². The van der Waals surface area contributed by atoms with Crippen molar-refractivity contribution < 1.29 is 24.1 Å². The molecule has 0 saturated heterocycles. The molecule has 1 amide bonds. The monoisotopic (exact) mass is 596 g/mol. The number of hydrogen-bond donors (Lipinski definition) is 3. The van der Waals surface area contributed by atoms with E-state index in [0.29, 0.717) is 42.1 Å². The number of aliphatic hydroxyl groups excluding tert-OH is 1. The molecule has 7 nitrogen and oxygen atoms in total. The van der Waals surface area contributed by atoms with E-state index in [1.165, 1.54) is 0 Å². The van der Waals surface area contributed by atoms with Crippen molar-refractivity contribution in [1.82, 2.24) is 5.32 Å². The summed E-state index contributed by atoms with van der Waals surface area (Å²) in [6.07, 6.45) is 3.96. The van der Waals surface area contributed by atoms with E-state index < -0.39 is 17.6 Å². The lowest BCUT2D eigenvalue weighted by Crippen LogP contribution is -2.52. The molecule has 1 aliphatic rings. The van der Waals surface area contributed by atoms with Crippen LogP contribution >= 0.6 is 24.0 Å². The van der Waals surface area contributed by atoms with Gasteiger partial charge in [-0.3, -0.25) is 4.79 Å². The van der Waals surface area contributed by atoms with Crippen LogP contribution in [0, 0.1) is 11.8 Å². The van der Waals surface area contributed by atoms with Gasteiger partial charge in [0, 0.05) is 37.7 Å². The summed E-state index contributed by atoms with van der Waals surface area (Å²) in [6.45, 7) is 5.65. The van der Waals surface area contributed by atoms with Crippen LogP contribution in [-0.2, 0) is 21.4 Å². The molecule has 1 fully saturated rings. The SMILES string of the molecule is COCCCOc1cc(C[C@@H](C[C@H](N)[C@@H](O)CNC(=O)C2(c3ccc(Cl)cc3)CCC2)C(C)C)ccc1OC.Cl. The standard InChI is InChI=1S/C31H45ClN2O5.ClH/c1-21(2)23(17-22-7-12-28(38-4)29(18-22)39-16-6-15-37-3)19-26(33)27(35)20-34-30(36)31(13-5-14-31)24-8-10-25(32)11-9-24;/h7-12,18,21,23,26-27,35H,5-6,13-17,19-20,33H2,1-4H3,(H,34,36);1H/t23-,26-,27-;/m0./s1. The molecule has 2 aromatic rings. The minimum Gasteiger partial charge on any atom is -0.493 e. The highest BCUT2D eigenvalue weighted by Gasteiger charge is 2.45. The van der Waals surface area contributed by atoms with Crippen LogP contribution in [0.25, 0.3) is 0 Å². The molecule has 1 saturated carbocycles. The van der Waals surface area contributed by atoms with Gasteiger partial charge in [-0.15, -0.1) is 12.4 Å². The number of nitrogens with two attached hydrogens (primary N) is 1. The fourth-order valence-corrected chi connectivity index (χ4v) is 5.34. The third kappa shape index (κ3) is 8.98. The molecule has 0 heterocycles. The van der Waals surface area contributed by atoms with Gasteiger partial charge in [0.25, 0.3) is 0 Å². The van der Waals surface area contributed by atoms with Crippen LogP contribution < -0.4 is 20.5 Å². The van der Waals surface area contributed by atoms with Crippen molar-refractivity contribution in [1.29, 1.82) is 0 Å². The van der Waals surface area contributed by atoms with Gasteiger partial charge in [0.05, 0.1) is 25.2 Å². The van der Waals surface area contributed by atoms with Gasteiger partial charge in [0.2, 0.25) is 5.91 Å². The molecule has 0 unspecified atom stereocenters. The number of amides is 1. The number of rotatable bonds is 16. The molecule has 1 aliphatic carbocycles. The first-order valence-corrected chi connectivity index (χ1v) is 14.3. The Hall–Kier alpha value is -2.03. The predicted molar refractivity (Wildman–Crippen MR) is 163 cm³/mol. The van der Waals surface area contributed by atoms with Gasteiger partial charge in [-0.1, -0.05) is 50.1 Å². The minimum atomic E-state index is -0.840. The third-order valence-corrected chi connectivity index (χ3v) is 8.25. The van der Waals surface area contributed by atoms with Crippen molar-refractivity contribution in [3.8, 4) is 11.5 Å².